The van der Waals surface area contributed by atoms with Gasteiger partial charge >= 0.3 is 0 Å². The SMILES string of the molecule is CC(CN)S(=O)(=O)NCCc1ccsc1. The first-order valence-electron chi connectivity index (χ1n) is 4.76. The number of nitrogens with one attached hydrogen (secondary N) is 1. The summed E-state index contributed by atoms with van der Waals surface area (Å²) in [5.41, 5.74) is 6.46. The smallest absolute Gasteiger partial charge is 0.215 e. The van der Waals surface area contributed by atoms with Crippen LogP contribution in [0.5, 0.6) is 0 Å². The molecule has 15 heavy (non-hydrogen) atoms. The summed E-state index contributed by atoms with van der Waals surface area (Å²) in [7, 11) is -3.24. The van der Waals surface area contributed by atoms with Crippen molar-refractivity contribution in [2.75, 3.05) is 13.1 Å². The van der Waals surface area contributed by atoms with Crippen molar-refractivity contribution in [1.29, 1.82) is 0 Å². The van der Waals surface area contributed by atoms with Gasteiger partial charge in [-0.25, -0.2) is 13.1 Å². The van der Waals surface area contributed by atoms with E-state index in [0.717, 1.165) is 12.0 Å². The number of sulfonamides is 1. The lowest BCUT2D eigenvalue weighted by Gasteiger charge is -2.11. The molecule has 1 rings (SSSR count). The minimum Gasteiger partial charge on any atom is -0.329 e. The second kappa shape index (κ2) is 5.60. The van der Waals surface area contributed by atoms with Crippen molar-refractivity contribution in [3.63, 3.8) is 0 Å². The summed E-state index contributed by atoms with van der Waals surface area (Å²) in [6.07, 6.45) is 0.722. The fourth-order valence-corrected chi connectivity index (χ4v) is 2.67. The zero-order valence-electron chi connectivity index (χ0n) is 8.64. The molecule has 3 N–H and O–H groups in total. The van der Waals surface area contributed by atoms with Crippen LogP contribution in [0.15, 0.2) is 16.8 Å². The van der Waals surface area contributed by atoms with Gasteiger partial charge < -0.3 is 5.73 Å². The van der Waals surface area contributed by atoms with Crippen LogP contribution in [-0.4, -0.2) is 26.8 Å². The van der Waals surface area contributed by atoms with Crippen LogP contribution in [0.25, 0.3) is 0 Å². The van der Waals surface area contributed by atoms with Gasteiger partial charge in [-0.1, -0.05) is 0 Å². The molecule has 0 aliphatic carbocycles. The fraction of sp³-hybridized carbons (Fsp3) is 0.556. The van der Waals surface area contributed by atoms with Crippen LogP contribution in [0.2, 0.25) is 0 Å². The highest BCUT2D eigenvalue weighted by Crippen LogP contribution is 2.06. The van der Waals surface area contributed by atoms with E-state index in [1.54, 1.807) is 18.3 Å². The van der Waals surface area contributed by atoms with E-state index in [9.17, 15) is 8.42 Å². The Morgan fingerprint density at radius 2 is 2.33 bits per heavy atom. The highest BCUT2D eigenvalue weighted by Gasteiger charge is 2.17. The molecular formula is C9H16N2O2S2. The Hall–Kier alpha value is -0.430. The quantitative estimate of drug-likeness (QED) is 0.772. The minimum absolute atomic E-state index is 0.147. The summed E-state index contributed by atoms with van der Waals surface area (Å²) in [5, 5.41) is 3.47. The van der Waals surface area contributed by atoms with Gasteiger partial charge in [-0.15, -0.1) is 0 Å². The molecule has 0 spiro atoms. The fourth-order valence-electron chi connectivity index (χ4n) is 1.04. The summed E-state index contributed by atoms with van der Waals surface area (Å²) in [5.74, 6) is 0. The lowest BCUT2D eigenvalue weighted by atomic mass is 10.2. The highest BCUT2D eigenvalue weighted by atomic mass is 32.2. The van der Waals surface area contributed by atoms with E-state index in [4.69, 9.17) is 5.73 Å². The van der Waals surface area contributed by atoms with E-state index in [2.05, 4.69) is 4.72 Å². The number of thiophene rings is 1. The summed E-state index contributed by atoms with van der Waals surface area (Å²) in [4.78, 5) is 0. The first-order chi connectivity index (χ1) is 7.06. The number of rotatable bonds is 6. The van der Waals surface area contributed by atoms with E-state index < -0.39 is 15.3 Å². The molecule has 0 saturated heterocycles. The molecule has 0 bridgehead atoms. The molecule has 0 fully saturated rings. The van der Waals surface area contributed by atoms with Gasteiger partial charge in [0.1, 0.15) is 0 Å². The Balaban J connectivity index is 2.37. The predicted molar refractivity (Wildman–Crippen MR) is 63.5 cm³/mol. The summed E-state index contributed by atoms with van der Waals surface area (Å²) in [6.45, 7) is 2.18. The molecule has 0 aromatic carbocycles. The van der Waals surface area contributed by atoms with Gasteiger partial charge in [0, 0.05) is 13.1 Å². The Morgan fingerprint density at radius 3 is 2.87 bits per heavy atom. The first-order valence-corrected chi connectivity index (χ1v) is 7.25. The largest absolute Gasteiger partial charge is 0.329 e. The molecule has 0 aliphatic heterocycles. The van der Waals surface area contributed by atoms with Crippen molar-refractivity contribution in [1.82, 2.24) is 4.72 Å². The second-order valence-corrected chi connectivity index (χ2v) is 6.33. The lowest BCUT2D eigenvalue weighted by Crippen LogP contribution is -2.37. The molecule has 0 saturated carbocycles. The molecule has 86 valence electrons. The minimum atomic E-state index is -3.24. The monoisotopic (exact) mass is 248 g/mol. The third-order valence-electron chi connectivity index (χ3n) is 2.16. The average molecular weight is 248 g/mol. The molecule has 0 aliphatic rings. The molecule has 0 radical (unpaired) electrons. The van der Waals surface area contributed by atoms with Crippen molar-refractivity contribution in [3.05, 3.63) is 22.4 Å². The lowest BCUT2D eigenvalue weighted by molar-refractivity contribution is 0.569. The number of nitrogens with two attached hydrogens (primary N) is 1. The van der Waals surface area contributed by atoms with Crippen molar-refractivity contribution in [3.8, 4) is 0 Å². The predicted octanol–water partition coefficient (Wildman–Crippen LogP) is 0.557. The van der Waals surface area contributed by atoms with Gasteiger partial charge in [-0.05, 0) is 35.7 Å². The third kappa shape index (κ3) is 3.90. The Morgan fingerprint density at radius 1 is 1.60 bits per heavy atom. The zero-order valence-corrected chi connectivity index (χ0v) is 10.3. The van der Waals surface area contributed by atoms with Gasteiger partial charge in [-0.3, -0.25) is 0 Å². The van der Waals surface area contributed by atoms with Crippen LogP contribution >= 0.6 is 11.3 Å². The Kier molecular flexibility index (Phi) is 4.72. The molecule has 1 atom stereocenters. The Labute approximate surface area is 94.5 Å². The van der Waals surface area contributed by atoms with Crippen LogP contribution < -0.4 is 10.5 Å². The van der Waals surface area contributed by atoms with E-state index in [1.807, 2.05) is 16.8 Å². The van der Waals surface area contributed by atoms with Crippen LogP contribution in [-0.2, 0) is 16.4 Å². The highest BCUT2D eigenvalue weighted by molar-refractivity contribution is 7.90. The average Bonchev–Trinajstić information content (AvgIpc) is 2.69. The third-order valence-corrected chi connectivity index (χ3v) is 4.75. The van der Waals surface area contributed by atoms with Gasteiger partial charge in [0.05, 0.1) is 5.25 Å². The van der Waals surface area contributed by atoms with Crippen LogP contribution in [0.1, 0.15) is 12.5 Å². The van der Waals surface area contributed by atoms with Crippen molar-refractivity contribution in [2.45, 2.75) is 18.6 Å². The van der Waals surface area contributed by atoms with Gasteiger partial charge in [-0.2, -0.15) is 11.3 Å². The molecule has 0 amide bonds. The maximum Gasteiger partial charge on any atom is 0.215 e. The number of hydrogen-bond acceptors (Lipinski definition) is 4. The summed E-state index contributed by atoms with van der Waals surface area (Å²) >= 11 is 1.61. The normalized spacial score (nSPS) is 14.0. The molecule has 6 heteroatoms. The molecule has 1 unspecified atom stereocenters. The Bertz CT molecular complexity index is 373. The molecular weight excluding hydrogens is 232 g/mol. The molecule has 1 heterocycles. The van der Waals surface area contributed by atoms with Crippen LogP contribution in [0.3, 0.4) is 0 Å². The zero-order chi connectivity index (χ0) is 11.3. The van der Waals surface area contributed by atoms with E-state index in [-0.39, 0.29) is 6.54 Å². The number of hydrogen-bond donors (Lipinski definition) is 2. The van der Waals surface area contributed by atoms with Crippen molar-refractivity contribution < 1.29 is 8.42 Å². The van der Waals surface area contributed by atoms with Gasteiger partial charge in [0.25, 0.3) is 0 Å². The standard InChI is InChI=1S/C9H16N2O2S2/c1-8(6-10)15(12,13)11-4-2-9-3-5-14-7-9/h3,5,7-8,11H,2,4,6,10H2,1H3. The second-order valence-electron chi connectivity index (χ2n) is 3.37. The van der Waals surface area contributed by atoms with Gasteiger partial charge in [0.15, 0.2) is 0 Å². The van der Waals surface area contributed by atoms with Crippen LogP contribution in [0.4, 0.5) is 0 Å². The van der Waals surface area contributed by atoms with Crippen molar-refractivity contribution in [2.24, 2.45) is 5.73 Å². The summed E-state index contributed by atoms with van der Waals surface area (Å²) < 4.78 is 25.5. The first kappa shape index (κ1) is 12.6. The maximum absolute atomic E-state index is 11.5. The van der Waals surface area contributed by atoms with E-state index in [0.29, 0.717) is 6.54 Å². The maximum atomic E-state index is 11.5. The van der Waals surface area contributed by atoms with Crippen LogP contribution in [0, 0.1) is 0 Å². The van der Waals surface area contributed by atoms with E-state index in [1.165, 1.54) is 0 Å². The molecule has 1 aromatic rings. The van der Waals surface area contributed by atoms with Gasteiger partial charge in [0.2, 0.25) is 10.0 Å². The van der Waals surface area contributed by atoms with E-state index >= 15 is 0 Å². The molecule has 1 aromatic heterocycles. The summed E-state index contributed by atoms with van der Waals surface area (Å²) in [6, 6.07) is 1.99. The van der Waals surface area contributed by atoms with Crippen molar-refractivity contribution >= 4 is 21.4 Å². The molecule has 4 nitrogen and oxygen atoms in total. The topological polar surface area (TPSA) is 72.2 Å².